The van der Waals surface area contributed by atoms with Crippen LogP contribution in [0.25, 0.3) is 0 Å². The fourth-order valence-corrected chi connectivity index (χ4v) is 1.23. The lowest BCUT2D eigenvalue weighted by atomic mass is 9.96. The normalized spacial score (nSPS) is 14.2. The quantitative estimate of drug-likeness (QED) is 0.622. The third kappa shape index (κ3) is 5.87. The van der Waals surface area contributed by atoms with Gasteiger partial charge in [0.2, 0.25) is 0 Å². The van der Waals surface area contributed by atoms with Gasteiger partial charge in [0.15, 0.2) is 0 Å². The molecule has 1 unspecified atom stereocenters. The maximum absolute atomic E-state index is 9.06. The topological polar surface area (TPSA) is 27.0 Å². The van der Waals surface area contributed by atoms with Crippen LogP contribution in [0.5, 0.6) is 0 Å². The van der Waals surface area contributed by atoms with Crippen molar-refractivity contribution in [1.29, 1.82) is 5.26 Å². The van der Waals surface area contributed by atoms with Crippen LogP contribution in [-0.4, -0.2) is 25.5 Å². The lowest BCUT2D eigenvalue weighted by Gasteiger charge is -2.13. The molecular formula is C13H20N2. The minimum Gasteiger partial charge on any atom is -0.309 e. The lowest BCUT2D eigenvalue weighted by molar-refractivity contribution is 0.386. The van der Waals surface area contributed by atoms with Gasteiger partial charge in [0.05, 0.1) is 12.0 Å². The minimum absolute atomic E-state index is 0.0545. The monoisotopic (exact) mass is 204 g/mol. The van der Waals surface area contributed by atoms with Crippen molar-refractivity contribution in [2.24, 2.45) is 5.92 Å². The Morgan fingerprint density at radius 2 is 2.20 bits per heavy atom. The predicted molar refractivity (Wildman–Crippen MR) is 65.4 cm³/mol. The van der Waals surface area contributed by atoms with Gasteiger partial charge < -0.3 is 4.90 Å². The van der Waals surface area contributed by atoms with Crippen molar-refractivity contribution in [1.82, 2.24) is 4.90 Å². The summed E-state index contributed by atoms with van der Waals surface area (Å²) in [6.07, 6.45) is 8.46. The summed E-state index contributed by atoms with van der Waals surface area (Å²) in [4.78, 5) is 2.08. The molecule has 0 spiro atoms. The van der Waals surface area contributed by atoms with E-state index in [4.69, 9.17) is 5.26 Å². The highest BCUT2D eigenvalue weighted by molar-refractivity contribution is 5.28. The molecule has 0 aromatic carbocycles. The van der Waals surface area contributed by atoms with Crippen LogP contribution in [0, 0.1) is 17.2 Å². The van der Waals surface area contributed by atoms with Crippen molar-refractivity contribution in [3.05, 3.63) is 36.5 Å². The maximum atomic E-state index is 9.06. The molecule has 0 rings (SSSR count). The summed E-state index contributed by atoms with van der Waals surface area (Å²) in [6.45, 7) is 6.62. The molecule has 0 aliphatic heterocycles. The standard InChI is InChI=1S/C13H20N2/c1-5-7-8-12(6-2)13(11-14)9-10-15(3)4/h5-8,13H,2,9-10H2,1,3-4H3/b7-5-,12-8+. The minimum atomic E-state index is -0.0545. The molecule has 0 fully saturated rings. The Morgan fingerprint density at radius 3 is 2.60 bits per heavy atom. The van der Waals surface area contributed by atoms with Gasteiger partial charge in [-0.05, 0) is 39.6 Å². The van der Waals surface area contributed by atoms with E-state index < -0.39 is 0 Å². The number of allylic oxidation sites excluding steroid dienone is 5. The van der Waals surface area contributed by atoms with E-state index in [1.807, 2.05) is 39.2 Å². The molecule has 0 N–H and O–H groups in total. The average molecular weight is 204 g/mol. The third-order valence-corrected chi connectivity index (χ3v) is 2.14. The number of nitrogens with zero attached hydrogens (tertiary/aromatic N) is 2. The van der Waals surface area contributed by atoms with E-state index in [0.717, 1.165) is 18.5 Å². The fourth-order valence-electron chi connectivity index (χ4n) is 1.23. The second kappa shape index (κ2) is 8.02. The largest absolute Gasteiger partial charge is 0.309 e. The third-order valence-electron chi connectivity index (χ3n) is 2.14. The Labute approximate surface area is 93.2 Å². The summed E-state index contributed by atoms with van der Waals surface area (Å²) >= 11 is 0. The Kier molecular flexibility index (Phi) is 7.31. The Bertz CT molecular complexity index is 279. The average Bonchev–Trinajstić information content (AvgIpc) is 2.22. The van der Waals surface area contributed by atoms with Crippen LogP contribution in [0.15, 0.2) is 36.5 Å². The van der Waals surface area contributed by atoms with Gasteiger partial charge in [-0.2, -0.15) is 5.26 Å². The zero-order valence-corrected chi connectivity index (χ0v) is 9.90. The van der Waals surface area contributed by atoms with Crippen LogP contribution in [0.2, 0.25) is 0 Å². The highest BCUT2D eigenvalue weighted by atomic mass is 15.0. The molecule has 2 nitrogen and oxygen atoms in total. The molecule has 0 aromatic heterocycles. The Morgan fingerprint density at radius 1 is 1.53 bits per heavy atom. The smallest absolute Gasteiger partial charge is 0.0724 e. The molecule has 2 heteroatoms. The molecule has 0 bridgehead atoms. The van der Waals surface area contributed by atoms with Gasteiger partial charge >= 0.3 is 0 Å². The van der Waals surface area contributed by atoms with Crippen molar-refractivity contribution in [3.63, 3.8) is 0 Å². The maximum Gasteiger partial charge on any atom is 0.0724 e. The highest BCUT2D eigenvalue weighted by Gasteiger charge is 2.10. The summed E-state index contributed by atoms with van der Waals surface area (Å²) in [5.74, 6) is -0.0545. The van der Waals surface area contributed by atoms with Gasteiger partial charge in [0.25, 0.3) is 0 Å². The van der Waals surface area contributed by atoms with E-state index >= 15 is 0 Å². The van der Waals surface area contributed by atoms with Crippen molar-refractivity contribution >= 4 is 0 Å². The number of hydrogen-bond acceptors (Lipinski definition) is 2. The van der Waals surface area contributed by atoms with Crippen LogP contribution >= 0.6 is 0 Å². The second-order valence-corrected chi connectivity index (χ2v) is 3.67. The second-order valence-electron chi connectivity index (χ2n) is 3.67. The summed E-state index contributed by atoms with van der Waals surface area (Å²) in [6, 6.07) is 2.32. The molecular weight excluding hydrogens is 184 g/mol. The predicted octanol–water partition coefficient (Wildman–Crippen LogP) is 2.77. The first-order valence-electron chi connectivity index (χ1n) is 5.15. The summed E-state index contributed by atoms with van der Waals surface area (Å²) in [5.41, 5.74) is 0.998. The zero-order chi connectivity index (χ0) is 11.7. The molecule has 0 aromatic rings. The van der Waals surface area contributed by atoms with Gasteiger partial charge in [-0.15, -0.1) is 0 Å². The van der Waals surface area contributed by atoms with Gasteiger partial charge in [0, 0.05) is 0 Å². The van der Waals surface area contributed by atoms with E-state index in [0.29, 0.717) is 0 Å². The summed E-state index contributed by atoms with van der Waals surface area (Å²) in [7, 11) is 4.02. The molecule has 0 aliphatic rings. The number of nitriles is 1. The molecule has 15 heavy (non-hydrogen) atoms. The fraction of sp³-hybridized carbons (Fsp3) is 0.462. The summed E-state index contributed by atoms with van der Waals surface area (Å²) < 4.78 is 0. The van der Waals surface area contributed by atoms with Crippen molar-refractivity contribution in [2.45, 2.75) is 13.3 Å². The van der Waals surface area contributed by atoms with Crippen LogP contribution < -0.4 is 0 Å². The molecule has 0 saturated heterocycles. The number of hydrogen-bond donors (Lipinski definition) is 0. The number of rotatable bonds is 6. The summed E-state index contributed by atoms with van der Waals surface area (Å²) in [5, 5.41) is 9.06. The van der Waals surface area contributed by atoms with Crippen molar-refractivity contribution < 1.29 is 0 Å². The van der Waals surface area contributed by atoms with E-state index in [1.54, 1.807) is 6.08 Å². The van der Waals surface area contributed by atoms with E-state index in [1.165, 1.54) is 0 Å². The Hall–Kier alpha value is -1.33. The Balaban J connectivity index is 4.49. The molecule has 0 amide bonds. The molecule has 0 saturated carbocycles. The zero-order valence-electron chi connectivity index (χ0n) is 9.90. The van der Waals surface area contributed by atoms with Gasteiger partial charge in [-0.25, -0.2) is 0 Å². The first kappa shape index (κ1) is 13.7. The molecule has 0 aliphatic carbocycles. The molecule has 0 radical (unpaired) electrons. The van der Waals surface area contributed by atoms with Crippen LogP contribution in [0.3, 0.4) is 0 Å². The first-order chi connectivity index (χ1) is 7.15. The molecule has 0 heterocycles. The van der Waals surface area contributed by atoms with Crippen LogP contribution in [0.1, 0.15) is 13.3 Å². The van der Waals surface area contributed by atoms with Crippen LogP contribution in [0.4, 0.5) is 0 Å². The first-order valence-corrected chi connectivity index (χ1v) is 5.15. The van der Waals surface area contributed by atoms with Crippen molar-refractivity contribution in [2.75, 3.05) is 20.6 Å². The molecule has 1 atom stereocenters. The SMILES string of the molecule is C=C/C(=C\C=C/C)C(C#N)CCN(C)C. The van der Waals surface area contributed by atoms with Crippen LogP contribution in [-0.2, 0) is 0 Å². The lowest BCUT2D eigenvalue weighted by Crippen LogP contribution is -2.16. The van der Waals surface area contributed by atoms with E-state index in [9.17, 15) is 0 Å². The highest BCUT2D eigenvalue weighted by Crippen LogP contribution is 2.15. The molecule has 82 valence electrons. The van der Waals surface area contributed by atoms with Gasteiger partial charge in [-0.3, -0.25) is 0 Å². The van der Waals surface area contributed by atoms with Crippen molar-refractivity contribution in [3.8, 4) is 6.07 Å². The van der Waals surface area contributed by atoms with Gasteiger partial charge in [-0.1, -0.05) is 30.9 Å². The van der Waals surface area contributed by atoms with E-state index in [2.05, 4.69) is 17.5 Å². The van der Waals surface area contributed by atoms with Gasteiger partial charge in [0.1, 0.15) is 0 Å². The van der Waals surface area contributed by atoms with E-state index in [-0.39, 0.29) is 5.92 Å².